The summed E-state index contributed by atoms with van der Waals surface area (Å²) >= 11 is 7.33. The first kappa shape index (κ1) is 17.6. The van der Waals surface area contributed by atoms with Crippen molar-refractivity contribution in [2.75, 3.05) is 18.2 Å². The summed E-state index contributed by atoms with van der Waals surface area (Å²) in [5, 5.41) is 11.8. The van der Waals surface area contributed by atoms with Crippen molar-refractivity contribution < 1.29 is 19.5 Å². The summed E-state index contributed by atoms with van der Waals surface area (Å²) in [4.78, 5) is 36.7. The molecule has 0 bridgehead atoms. The van der Waals surface area contributed by atoms with Crippen LogP contribution in [0.1, 0.15) is 23.2 Å². The van der Waals surface area contributed by atoms with Crippen LogP contribution >= 0.6 is 23.4 Å². The molecule has 8 heteroatoms. The molecule has 1 saturated heterocycles. The van der Waals surface area contributed by atoms with Crippen molar-refractivity contribution in [2.24, 2.45) is 0 Å². The minimum absolute atomic E-state index is 0.00706. The lowest BCUT2D eigenvalue weighted by Gasteiger charge is -2.23. The van der Waals surface area contributed by atoms with Crippen molar-refractivity contribution in [2.45, 2.75) is 18.9 Å². The number of benzene rings is 1. The Bertz CT molecular complexity index is 594. The van der Waals surface area contributed by atoms with Crippen LogP contribution in [-0.2, 0) is 9.59 Å². The average Bonchev–Trinajstić information content (AvgIpc) is 3.01. The standard InChI is InChI=1S/C15H17ClN2O4S/c16-11-5-3-10(4-6-11)15(22)18-9-23-8-12(18)14(21)17-7-1-2-13(19)20/h3-6,12H,1-2,7-9H2,(H,17,21)(H,19,20). The number of thioether (sulfide) groups is 1. The van der Waals surface area contributed by atoms with Crippen LogP contribution < -0.4 is 5.32 Å². The van der Waals surface area contributed by atoms with E-state index in [0.717, 1.165) is 0 Å². The van der Waals surface area contributed by atoms with Crippen molar-refractivity contribution in [3.05, 3.63) is 34.9 Å². The van der Waals surface area contributed by atoms with Gasteiger partial charge in [-0.15, -0.1) is 11.8 Å². The van der Waals surface area contributed by atoms with Gasteiger partial charge in [0.15, 0.2) is 0 Å². The van der Waals surface area contributed by atoms with Crippen molar-refractivity contribution >= 4 is 41.1 Å². The monoisotopic (exact) mass is 356 g/mol. The van der Waals surface area contributed by atoms with Crippen LogP contribution in [0.4, 0.5) is 0 Å². The quantitative estimate of drug-likeness (QED) is 0.759. The molecular weight excluding hydrogens is 340 g/mol. The number of hydrogen-bond acceptors (Lipinski definition) is 4. The van der Waals surface area contributed by atoms with E-state index in [1.165, 1.54) is 16.7 Å². The molecule has 1 atom stereocenters. The predicted octanol–water partition coefficient (Wildman–Crippen LogP) is 1.84. The molecule has 124 valence electrons. The molecule has 1 aliphatic heterocycles. The Balaban J connectivity index is 1.93. The minimum atomic E-state index is -0.893. The van der Waals surface area contributed by atoms with E-state index in [2.05, 4.69) is 5.32 Å². The van der Waals surface area contributed by atoms with Crippen LogP contribution in [0.3, 0.4) is 0 Å². The summed E-state index contributed by atoms with van der Waals surface area (Å²) in [6, 6.07) is 6.01. The van der Waals surface area contributed by atoms with E-state index in [4.69, 9.17) is 16.7 Å². The number of amides is 2. The van der Waals surface area contributed by atoms with Crippen molar-refractivity contribution in [1.82, 2.24) is 10.2 Å². The number of nitrogens with one attached hydrogen (secondary N) is 1. The van der Waals surface area contributed by atoms with Crippen molar-refractivity contribution in [3.8, 4) is 0 Å². The number of hydrogen-bond donors (Lipinski definition) is 2. The van der Waals surface area contributed by atoms with Gasteiger partial charge in [-0.2, -0.15) is 0 Å². The molecule has 0 saturated carbocycles. The number of carboxylic acid groups (broad SMARTS) is 1. The topological polar surface area (TPSA) is 86.7 Å². The van der Waals surface area contributed by atoms with E-state index in [9.17, 15) is 14.4 Å². The van der Waals surface area contributed by atoms with Crippen molar-refractivity contribution in [3.63, 3.8) is 0 Å². The van der Waals surface area contributed by atoms with Gasteiger partial charge >= 0.3 is 5.97 Å². The number of carbonyl (C=O) groups is 3. The van der Waals surface area contributed by atoms with Crippen molar-refractivity contribution in [1.29, 1.82) is 0 Å². The third kappa shape index (κ3) is 4.87. The lowest BCUT2D eigenvalue weighted by Crippen LogP contribution is -2.47. The molecule has 2 amide bonds. The summed E-state index contributed by atoms with van der Waals surface area (Å²) in [6.07, 6.45) is 0.374. The SMILES string of the molecule is O=C(O)CCCNC(=O)C1CSCN1C(=O)c1ccc(Cl)cc1. The Morgan fingerprint density at radius 1 is 1.30 bits per heavy atom. The first-order valence-electron chi connectivity index (χ1n) is 7.13. The van der Waals surface area contributed by atoms with Gasteiger partial charge in [-0.3, -0.25) is 14.4 Å². The molecule has 2 rings (SSSR count). The van der Waals surface area contributed by atoms with Gasteiger partial charge in [0.25, 0.3) is 5.91 Å². The van der Waals surface area contributed by atoms with Crippen LogP contribution in [0.25, 0.3) is 0 Å². The molecular formula is C15H17ClN2O4S. The second-order valence-corrected chi connectivity index (χ2v) is 6.52. The fourth-order valence-corrected chi connectivity index (χ4v) is 3.47. The summed E-state index contributed by atoms with van der Waals surface area (Å²) in [5.74, 6) is -0.367. The first-order chi connectivity index (χ1) is 11.0. The molecule has 1 aromatic carbocycles. The Morgan fingerprint density at radius 3 is 2.65 bits per heavy atom. The normalized spacial score (nSPS) is 17.1. The molecule has 1 fully saturated rings. The highest BCUT2D eigenvalue weighted by atomic mass is 35.5. The maximum atomic E-state index is 12.5. The van der Waals surface area contributed by atoms with Gasteiger partial charge in [0.05, 0.1) is 5.88 Å². The van der Waals surface area contributed by atoms with Gasteiger partial charge in [0, 0.05) is 29.3 Å². The number of carboxylic acids is 1. The van der Waals surface area contributed by atoms with E-state index in [1.54, 1.807) is 24.3 Å². The van der Waals surface area contributed by atoms with Crippen LogP contribution in [0.15, 0.2) is 24.3 Å². The molecule has 1 aromatic rings. The summed E-state index contributed by atoms with van der Waals surface area (Å²) in [5.41, 5.74) is 0.487. The van der Waals surface area contributed by atoms with E-state index in [0.29, 0.717) is 28.6 Å². The molecule has 1 unspecified atom stereocenters. The molecule has 6 nitrogen and oxygen atoms in total. The van der Waals surface area contributed by atoms with Gasteiger partial charge in [-0.25, -0.2) is 0 Å². The van der Waals surface area contributed by atoms with E-state index >= 15 is 0 Å². The zero-order valence-electron chi connectivity index (χ0n) is 12.3. The molecule has 0 spiro atoms. The third-order valence-electron chi connectivity index (χ3n) is 3.40. The van der Waals surface area contributed by atoms with Crippen LogP contribution in [-0.4, -0.2) is 52.0 Å². The van der Waals surface area contributed by atoms with Crippen LogP contribution in [0, 0.1) is 0 Å². The maximum absolute atomic E-state index is 12.5. The van der Waals surface area contributed by atoms with Gasteiger partial charge in [0.1, 0.15) is 6.04 Å². The molecule has 0 radical (unpaired) electrons. The smallest absolute Gasteiger partial charge is 0.303 e. The number of rotatable bonds is 6. The number of halogens is 1. The third-order valence-corrected chi connectivity index (χ3v) is 4.67. The zero-order valence-corrected chi connectivity index (χ0v) is 13.9. The largest absolute Gasteiger partial charge is 0.481 e. The zero-order chi connectivity index (χ0) is 16.8. The second-order valence-electron chi connectivity index (χ2n) is 5.09. The maximum Gasteiger partial charge on any atom is 0.303 e. The van der Waals surface area contributed by atoms with E-state index < -0.39 is 12.0 Å². The first-order valence-corrected chi connectivity index (χ1v) is 8.66. The fraction of sp³-hybridized carbons (Fsp3) is 0.400. The Hall–Kier alpha value is -1.73. The second kappa shape index (κ2) is 8.21. The molecule has 0 aromatic heterocycles. The molecule has 1 heterocycles. The fourth-order valence-electron chi connectivity index (χ4n) is 2.19. The molecule has 2 N–H and O–H groups in total. The van der Waals surface area contributed by atoms with Gasteiger partial charge in [0.2, 0.25) is 5.91 Å². The predicted molar refractivity (Wildman–Crippen MR) is 88.6 cm³/mol. The van der Waals surface area contributed by atoms with E-state index in [1.807, 2.05) is 0 Å². The Kier molecular flexibility index (Phi) is 6.29. The lowest BCUT2D eigenvalue weighted by atomic mass is 10.1. The number of aliphatic carboxylic acids is 1. The highest BCUT2D eigenvalue weighted by Crippen LogP contribution is 2.24. The average molecular weight is 357 g/mol. The number of carbonyl (C=O) groups excluding carboxylic acids is 2. The lowest BCUT2D eigenvalue weighted by molar-refractivity contribution is -0.137. The molecule has 0 aliphatic carbocycles. The summed E-state index contributed by atoms with van der Waals surface area (Å²) < 4.78 is 0. The van der Waals surface area contributed by atoms with Gasteiger partial charge in [-0.1, -0.05) is 11.6 Å². The van der Waals surface area contributed by atoms with Gasteiger partial charge < -0.3 is 15.3 Å². The highest BCUT2D eigenvalue weighted by Gasteiger charge is 2.34. The number of nitrogens with zero attached hydrogens (tertiary/aromatic N) is 1. The molecule has 23 heavy (non-hydrogen) atoms. The molecule has 1 aliphatic rings. The highest BCUT2D eigenvalue weighted by molar-refractivity contribution is 7.99. The van der Waals surface area contributed by atoms with Gasteiger partial charge in [-0.05, 0) is 30.7 Å². The Labute approximate surface area is 143 Å². The van der Waals surface area contributed by atoms with E-state index in [-0.39, 0.29) is 24.8 Å². The van der Waals surface area contributed by atoms with Crippen LogP contribution in [0.5, 0.6) is 0 Å². The summed E-state index contributed by atoms with van der Waals surface area (Å²) in [7, 11) is 0. The van der Waals surface area contributed by atoms with Crippen LogP contribution in [0.2, 0.25) is 5.02 Å². The summed E-state index contributed by atoms with van der Waals surface area (Å²) in [6.45, 7) is 0.287. The Morgan fingerprint density at radius 2 is 2.00 bits per heavy atom. The minimum Gasteiger partial charge on any atom is -0.481 e.